The molecule has 2 aromatic heterocycles. The average Bonchev–Trinajstić information content (AvgIpc) is 2.99. The van der Waals surface area contributed by atoms with Crippen molar-refractivity contribution in [3.8, 4) is 0 Å². The lowest BCUT2D eigenvalue weighted by atomic mass is 9.97. The van der Waals surface area contributed by atoms with Crippen molar-refractivity contribution in [3.63, 3.8) is 0 Å². The van der Waals surface area contributed by atoms with Crippen LogP contribution in [0.4, 0.5) is 4.39 Å². The van der Waals surface area contributed by atoms with Crippen LogP contribution in [0.25, 0.3) is 10.2 Å². The minimum Gasteiger partial charge on any atom is -0.287 e. The first-order chi connectivity index (χ1) is 12.2. The summed E-state index contributed by atoms with van der Waals surface area (Å²) < 4.78 is 15.6. The van der Waals surface area contributed by atoms with E-state index in [1.54, 1.807) is 28.0 Å². The van der Waals surface area contributed by atoms with Gasteiger partial charge in [0.1, 0.15) is 10.6 Å². The lowest BCUT2D eigenvalue weighted by Crippen LogP contribution is -2.23. The number of fused-ring (bicyclic) bond motifs is 3. The Hall–Kier alpha value is -1.66. The van der Waals surface area contributed by atoms with Gasteiger partial charge >= 0.3 is 0 Å². The Morgan fingerprint density at radius 2 is 2.08 bits per heavy atom. The third-order valence-electron chi connectivity index (χ3n) is 4.67. The van der Waals surface area contributed by atoms with Crippen molar-refractivity contribution in [3.05, 3.63) is 56.4 Å². The molecule has 0 aliphatic heterocycles. The molecule has 0 N–H and O–H groups in total. The Bertz CT molecular complexity index is 993. The monoisotopic (exact) mass is 374 g/mol. The van der Waals surface area contributed by atoms with Crippen molar-refractivity contribution in [2.75, 3.05) is 0 Å². The van der Waals surface area contributed by atoms with Crippen molar-refractivity contribution in [1.29, 1.82) is 0 Å². The summed E-state index contributed by atoms with van der Waals surface area (Å²) in [6.45, 7) is 2.53. The van der Waals surface area contributed by atoms with Crippen LogP contribution in [0.2, 0.25) is 0 Å². The Labute approximate surface area is 153 Å². The van der Waals surface area contributed by atoms with Crippen molar-refractivity contribution >= 4 is 33.3 Å². The molecular weight excluding hydrogens is 355 g/mol. The molecule has 1 aliphatic rings. The third-order valence-corrected chi connectivity index (χ3v) is 6.88. The van der Waals surface area contributed by atoms with Crippen molar-refractivity contribution < 1.29 is 4.39 Å². The molecule has 0 radical (unpaired) electrons. The first-order valence-electron chi connectivity index (χ1n) is 8.60. The SMILES string of the molecule is CCn1c(SCc2ccccc2F)nc2sc3c(c2c1=O)CCCC3. The van der Waals surface area contributed by atoms with E-state index >= 15 is 0 Å². The summed E-state index contributed by atoms with van der Waals surface area (Å²) in [5, 5.41) is 1.50. The molecule has 1 aromatic carbocycles. The molecule has 0 amide bonds. The van der Waals surface area contributed by atoms with E-state index in [1.807, 2.05) is 13.0 Å². The van der Waals surface area contributed by atoms with Gasteiger partial charge in [0.2, 0.25) is 0 Å². The topological polar surface area (TPSA) is 34.9 Å². The lowest BCUT2D eigenvalue weighted by molar-refractivity contribution is 0.616. The number of thiophene rings is 1. The largest absolute Gasteiger partial charge is 0.287 e. The van der Waals surface area contributed by atoms with Crippen LogP contribution in [-0.2, 0) is 25.1 Å². The highest BCUT2D eigenvalue weighted by atomic mass is 32.2. The predicted molar refractivity (Wildman–Crippen MR) is 102 cm³/mol. The number of rotatable bonds is 4. The van der Waals surface area contributed by atoms with Gasteiger partial charge in [-0.05, 0) is 49.8 Å². The Morgan fingerprint density at radius 1 is 1.28 bits per heavy atom. The summed E-state index contributed by atoms with van der Waals surface area (Å²) >= 11 is 3.09. The van der Waals surface area contributed by atoms with E-state index in [4.69, 9.17) is 4.98 Å². The van der Waals surface area contributed by atoms with Crippen LogP contribution in [0.5, 0.6) is 0 Å². The van der Waals surface area contributed by atoms with E-state index < -0.39 is 0 Å². The maximum Gasteiger partial charge on any atom is 0.263 e. The van der Waals surface area contributed by atoms with E-state index in [2.05, 4.69) is 0 Å². The van der Waals surface area contributed by atoms with Gasteiger partial charge in [0.25, 0.3) is 5.56 Å². The van der Waals surface area contributed by atoms with Gasteiger partial charge in [-0.1, -0.05) is 30.0 Å². The molecule has 0 fully saturated rings. The zero-order valence-electron chi connectivity index (χ0n) is 14.0. The number of hydrogen-bond donors (Lipinski definition) is 0. The summed E-state index contributed by atoms with van der Waals surface area (Å²) in [5.74, 6) is 0.253. The molecule has 25 heavy (non-hydrogen) atoms. The summed E-state index contributed by atoms with van der Waals surface area (Å²) in [4.78, 5) is 20.0. The first-order valence-corrected chi connectivity index (χ1v) is 10.4. The second kappa shape index (κ2) is 6.92. The molecule has 0 saturated carbocycles. The van der Waals surface area contributed by atoms with Gasteiger partial charge in [-0.3, -0.25) is 9.36 Å². The fourth-order valence-electron chi connectivity index (χ4n) is 3.37. The average molecular weight is 375 g/mol. The fourth-order valence-corrected chi connectivity index (χ4v) is 5.72. The molecule has 4 rings (SSSR count). The van der Waals surface area contributed by atoms with Crippen LogP contribution in [0.15, 0.2) is 34.2 Å². The number of benzene rings is 1. The van der Waals surface area contributed by atoms with Gasteiger partial charge in [-0.25, -0.2) is 9.37 Å². The summed E-state index contributed by atoms with van der Waals surface area (Å²) in [6.07, 6.45) is 4.38. The van der Waals surface area contributed by atoms with Crippen LogP contribution in [0, 0.1) is 5.82 Å². The van der Waals surface area contributed by atoms with Crippen molar-refractivity contribution in [1.82, 2.24) is 9.55 Å². The molecule has 2 heterocycles. The lowest BCUT2D eigenvalue weighted by Gasteiger charge is -2.12. The molecule has 3 aromatic rings. The highest BCUT2D eigenvalue weighted by Gasteiger charge is 2.21. The molecule has 0 unspecified atom stereocenters. The Morgan fingerprint density at radius 3 is 2.88 bits per heavy atom. The Kier molecular flexibility index (Phi) is 4.65. The van der Waals surface area contributed by atoms with Crippen LogP contribution in [-0.4, -0.2) is 9.55 Å². The molecule has 6 heteroatoms. The number of aromatic nitrogens is 2. The number of thioether (sulfide) groups is 1. The zero-order valence-corrected chi connectivity index (χ0v) is 15.7. The van der Waals surface area contributed by atoms with Gasteiger partial charge < -0.3 is 0 Å². The molecule has 0 bridgehead atoms. The van der Waals surface area contributed by atoms with E-state index in [1.165, 1.54) is 34.7 Å². The van der Waals surface area contributed by atoms with E-state index in [-0.39, 0.29) is 11.4 Å². The maximum absolute atomic E-state index is 13.9. The molecule has 130 valence electrons. The van der Waals surface area contributed by atoms with Crippen LogP contribution >= 0.6 is 23.1 Å². The maximum atomic E-state index is 13.9. The molecule has 0 saturated heterocycles. The molecule has 0 spiro atoms. The fraction of sp³-hybridized carbons (Fsp3) is 0.368. The first kappa shape index (κ1) is 16.8. The van der Waals surface area contributed by atoms with E-state index in [9.17, 15) is 9.18 Å². The van der Waals surface area contributed by atoms with E-state index in [0.717, 1.165) is 29.5 Å². The second-order valence-electron chi connectivity index (χ2n) is 6.21. The summed E-state index contributed by atoms with van der Waals surface area (Å²) in [5.41, 5.74) is 1.91. The van der Waals surface area contributed by atoms with Gasteiger partial charge in [-0.2, -0.15) is 0 Å². The smallest absolute Gasteiger partial charge is 0.263 e. The molecule has 1 aliphatic carbocycles. The number of halogens is 1. The summed E-state index contributed by atoms with van der Waals surface area (Å²) in [7, 11) is 0. The van der Waals surface area contributed by atoms with Gasteiger partial charge in [0.15, 0.2) is 5.16 Å². The Balaban J connectivity index is 1.76. The third kappa shape index (κ3) is 3.02. The van der Waals surface area contributed by atoms with Crippen molar-refractivity contribution in [2.45, 2.75) is 50.1 Å². The van der Waals surface area contributed by atoms with E-state index in [0.29, 0.717) is 23.0 Å². The number of aryl methyl sites for hydroxylation is 2. The minimum atomic E-state index is -0.215. The number of hydrogen-bond acceptors (Lipinski definition) is 4. The number of nitrogens with zero attached hydrogens (tertiary/aromatic N) is 2. The molecule has 3 nitrogen and oxygen atoms in total. The predicted octanol–water partition coefficient (Wildman–Crippen LogP) is 4.79. The van der Waals surface area contributed by atoms with Crippen LogP contribution < -0.4 is 5.56 Å². The minimum absolute atomic E-state index is 0.0583. The quantitative estimate of drug-likeness (QED) is 0.486. The molecular formula is C19H19FN2OS2. The zero-order chi connectivity index (χ0) is 17.4. The van der Waals surface area contributed by atoms with Gasteiger partial charge in [-0.15, -0.1) is 11.3 Å². The summed E-state index contributed by atoms with van der Waals surface area (Å²) in [6, 6.07) is 6.76. The second-order valence-corrected chi connectivity index (χ2v) is 8.24. The molecule has 0 atom stereocenters. The van der Waals surface area contributed by atoms with Crippen LogP contribution in [0.3, 0.4) is 0 Å². The standard InChI is InChI=1S/C19H19FN2OS2/c1-2-22-18(23)16-13-8-4-6-10-15(13)25-17(16)21-19(22)24-11-12-7-3-5-9-14(12)20/h3,5,7,9H,2,4,6,8,10-11H2,1H3. The highest BCUT2D eigenvalue weighted by molar-refractivity contribution is 7.98. The highest BCUT2D eigenvalue weighted by Crippen LogP contribution is 2.35. The van der Waals surface area contributed by atoms with Gasteiger partial charge in [0, 0.05) is 17.2 Å². The normalized spacial score (nSPS) is 14.0. The van der Waals surface area contributed by atoms with Crippen molar-refractivity contribution in [2.24, 2.45) is 0 Å². The van der Waals surface area contributed by atoms with Crippen LogP contribution in [0.1, 0.15) is 35.8 Å². The van der Waals surface area contributed by atoms with Gasteiger partial charge in [0.05, 0.1) is 5.39 Å².